The van der Waals surface area contributed by atoms with E-state index in [0.29, 0.717) is 37.5 Å². The van der Waals surface area contributed by atoms with Crippen LogP contribution in [0.3, 0.4) is 0 Å². The molecular weight excluding hydrogens is 246 g/mol. The number of hydrogen-bond acceptors (Lipinski definition) is 6. The average Bonchev–Trinajstić information content (AvgIpc) is 3.12. The lowest BCUT2D eigenvalue weighted by atomic mass is 10.1. The van der Waals surface area contributed by atoms with Gasteiger partial charge in [0.15, 0.2) is 0 Å². The van der Waals surface area contributed by atoms with Crippen molar-refractivity contribution < 1.29 is 9.21 Å². The van der Waals surface area contributed by atoms with E-state index >= 15 is 0 Å². The highest BCUT2D eigenvalue weighted by Gasteiger charge is 2.24. The predicted octanol–water partition coefficient (Wildman–Crippen LogP) is 0.354. The van der Waals surface area contributed by atoms with Gasteiger partial charge in [-0.15, -0.1) is 5.10 Å². The molecule has 1 amide bonds. The van der Waals surface area contributed by atoms with Crippen molar-refractivity contribution in [1.82, 2.24) is 20.4 Å². The van der Waals surface area contributed by atoms with Crippen LogP contribution in [-0.4, -0.2) is 46.7 Å². The summed E-state index contributed by atoms with van der Waals surface area (Å²) < 4.78 is 5.53. The molecule has 7 nitrogen and oxygen atoms in total. The first kappa shape index (κ1) is 12.4. The van der Waals surface area contributed by atoms with Gasteiger partial charge in [-0.2, -0.15) is 0 Å². The Morgan fingerprint density at radius 2 is 2.16 bits per heavy atom. The third-order valence-corrected chi connectivity index (χ3v) is 3.54. The summed E-state index contributed by atoms with van der Waals surface area (Å²) in [4.78, 5) is 13.1. The van der Waals surface area contributed by atoms with Gasteiger partial charge < -0.3 is 20.0 Å². The number of piperidine rings is 1. The van der Waals surface area contributed by atoms with Gasteiger partial charge in [-0.1, -0.05) is 5.10 Å². The molecule has 1 aliphatic carbocycles. The second-order valence-electron chi connectivity index (χ2n) is 5.31. The first-order valence-electron chi connectivity index (χ1n) is 6.77. The van der Waals surface area contributed by atoms with Gasteiger partial charge in [-0.25, -0.2) is 0 Å². The first-order valence-corrected chi connectivity index (χ1v) is 6.77. The van der Waals surface area contributed by atoms with Gasteiger partial charge in [0, 0.05) is 32.1 Å². The highest BCUT2D eigenvalue weighted by molar-refractivity contribution is 5.76. The van der Waals surface area contributed by atoms with Crippen molar-refractivity contribution in [2.24, 2.45) is 0 Å². The zero-order chi connectivity index (χ0) is 13.2. The van der Waals surface area contributed by atoms with E-state index in [1.54, 1.807) is 4.90 Å². The molecular formula is C12H19N5O2. The number of nitrogens with one attached hydrogen (secondary N) is 2. The van der Waals surface area contributed by atoms with Crippen LogP contribution in [0.2, 0.25) is 0 Å². The Morgan fingerprint density at radius 3 is 2.89 bits per heavy atom. The zero-order valence-corrected chi connectivity index (χ0v) is 11.1. The molecule has 1 saturated carbocycles. The fourth-order valence-corrected chi connectivity index (χ4v) is 2.21. The molecule has 19 heavy (non-hydrogen) atoms. The van der Waals surface area contributed by atoms with Crippen LogP contribution >= 0.6 is 0 Å². The largest absolute Gasteiger partial charge is 0.407 e. The van der Waals surface area contributed by atoms with Crippen molar-refractivity contribution in [2.45, 2.75) is 44.3 Å². The number of aromatic nitrogens is 2. The minimum atomic E-state index is 0.187. The number of nitrogens with zero attached hydrogens (tertiary/aromatic N) is 3. The molecule has 1 unspecified atom stereocenters. The zero-order valence-electron chi connectivity index (χ0n) is 11.1. The van der Waals surface area contributed by atoms with Crippen LogP contribution in [0.25, 0.3) is 0 Å². The minimum Gasteiger partial charge on any atom is -0.407 e. The first-order chi connectivity index (χ1) is 9.20. The second kappa shape index (κ2) is 5.16. The minimum absolute atomic E-state index is 0.187. The Hall–Kier alpha value is -1.63. The molecule has 1 atom stereocenters. The topological polar surface area (TPSA) is 83.3 Å². The molecule has 0 spiro atoms. The lowest BCUT2D eigenvalue weighted by Gasteiger charge is -2.29. The van der Waals surface area contributed by atoms with E-state index in [9.17, 15) is 4.79 Å². The quantitative estimate of drug-likeness (QED) is 0.799. The van der Waals surface area contributed by atoms with Crippen molar-refractivity contribution in [3.05, 3.63) is 5.89 Å². The highest BCUT2D eigenvalue weighted by atomic mass is 16.4. The lowest BCUT2D eigenvalue weighted by molar-refractivity contribution is -0.132. The van der Waals surface area contributed by atoms with Gasteiger partial charge in [0.2, 0.25) is 11.8 Å². The maximum Gasteiger partial charge on any atom is 0.315 e. The molecule has 7 heteroatoms. The molecule has 104 valence electrons. The van der Waals surface area contributed by atoms with E-state index in [4.69, 9.17) is 4.42 Å². The maximum atomic E-state index is 11.4. The summed E-state index contributed by atoms with van der Waals surface area (Å²) in [6.07, 6.45) is 3.85. The smallest absolute Gasteiger partial charge is 0.315 e. The number of carbonyl (C=O) groups is 1. The van der Waals surface area contributed by atoms with Crippen LogP contribution < -0.4 is 10.6 Å². The van der Waals surface area contributed by atoms with E-state index in [1.165, 1.54) is 12.8 Å². The maximum absolute atomic E-state index is 11.4. The van der Waals surface area contributed by atoms with Crippen LogP contribution in [0.5, 0.6) is 0 Å². The molecule has 3 rings (SSSR count). The normalized spacial score (nSPS) is 23.7. The Morgan fingerprint density at radius 1 is 1.32 bits per heavy atom. The number of hydrogen-bond donors (Lipinski definition) is 2. The third kappa shape index (κ3) is 3.23. The van der Waals surface area contributed by atoms with Crippen LogP contribution in [0.1, 0.15) is 31.6 Å². The van der Waals surface area contributed by atoms with Crippen molar-refractivity contribution in [3.8, 4) is 0 Å². The van der Waals surface area contributed by atoms with Crippen molar-refractivity contribution in [3.63, 3.8) is 0 Å². The molecule has 2 fully saturated rings. The van der Waals surface area contributed by atoms with Gasteiger partial charge in [0.1, 0.15) is 0 Å². The molecule has 2 aliphatic rings. The molecule has 2 N–H and O–H groups in total. The van der Waals surface area contributed by atoms with Crippen LogP contribution in [-0.2, 0) is 11.3 Å². The third-order valence-electron chi connectivity index (χ3n) is 3.54. The van der Waals surface area contributed by atoms with Crippen LogP contribution in [0.4, 0.5) is 6.01 Å². The van der Waals surface area contributed by atoms with E-state index in [0.717, 1.165) is 6.42 Å². The Bertz CT molecular complexity index is 457. The monoisotopic (exact) mass is 265 g/mol. The molecule has 0 bridgehead atoms. The van der Waals surface area contributed by atoms with Crippen LogP contribution in [0, 0.1) is 0 Å². The average molecular weight is 265 g/mol. The van der Waals surface area contributed by atoms with Gasteiger partial charge in [-0.3, -0.25) is 4.79 Å². The fourth-order valence-electron chi connectivity index (χ4n) is 2.21. The highest BCUT2D eigenvalue weighted by Crippen LogP contribution is 2.19. The summed E-state index contributed by atoms with van der Waals surface area (Å²) in [6, 6.07) is 1.26. The summed E-state index contributed by atoms with van der Waals surface area (Å²) in [5, 5.41) is 14.5. The lowest BCUT2D eigenvalue weighted by Crippen LogP contribution is -2.43. The van der Waals surface area contributed by atoms with E-state index in [-0.39, 0.29) is 11.9 Å². The summed E-state index contributed by atoms with van der Waals surface area (Å²) in [7, 11) is 1.81. The molecule has 1 aromatic rings. The van der Waals surface area contributed by atoms with Crippen molar-refractivity contribution in [2.75, 3.05) is 18.9 Å². The summed E-state index contributed by atoms with van der Waals surface area (Å²) in [6.45, 7) is 1.30. The molecule has 1 saturated heterocycles. The Balaban J connectivity index is 1.50. The molecule has 0 radical (unpaired) electrons. The van der Waals surface area contributed by atoms with Gasteiger partial charge in [0.25, 0.3) is 0 Å². The molecule has 2 heterocycles. The SMILES string of the molecule is CN1CC(Nc2nnc(CNC3CC3)o2)CCC1=O. The number of rotatable bonds is 5. The van der Waals surface area contributed by atoms with E-state index in [2.05, 4.69) is 20.8 Å². The van der Waals surface area contributed by atoms with E-state index in [1.807, 2.05) is 7.05 Å². The second-order valence-corrected chi connectivity index (χ2v) is 5.31. The van der Waals surface area contributed by atoms with Crippen molar-refractivity contribution in [1.29, 1.82) is 0 Å². The fraction of sp³-hybridized carbons (Fsp3) is 0.750. The van der Waals surface area contributed by atoms with Crippen molar-refractivity contribution >= 4 is 11.9 Å². The van der Waals surface area contributed by atoms with Crippen LogP contribution in [0.15, 0.2) is 4.42 Å². The summed E-state index contributed by atoms with van der Waals surface area (Å²) in [5.74, 6) is 0.799. The van der Waals surface area contributed by atoms with Gasteiger partial charge in [-0.05, 0) is 19.3 Å². The summed E-state index contributed by atoms with van der Waals surface area (Å²) in [5.41, 5.74) is 0. The number of anilines is 1. The van der Waals surface area contributed by atoms with Gasteiger partial charge >= 0.3 is 6.01 Å². The predicted molar refractivity (Wildman–Crippen MR) is 68.4 cm³/mol. The molecule has 1 aromatic heterocycles. The van der Waals surface area contributed by atoms with E-state index < -0.39 is 0 Å². The standard InChI is InChI=1S/C12H19N5O2/c1-17-7-9(4-5-11(17)18)14-12-16-15-10(19-12)6-13-8-2-3-8/h8-9,13H,2-7H2,1H3,(H,14,16). The number of likely N-dealkylation sites (N-methyl/N-ethyl adjacent to an activating group) is 1. The molecule has 0 aromatic carbocycles. The Kier molecular flexibility index (Phi) is 3.37. The number of likely N-dealkylation sites (tertiary alicyclic amines) is 1. The number of carbonyl (C=O) groups excluding carboxylic acids is 1. The number of amides is 1. The van der Waals surface area contributed by atoms with Gasteiger partial charge in [0.05, 0.1) is 6.54 Å². The molecule has 1 aliphatic heterocycles. The summed E-state index contributed by atoms with van der Waals surface area (Å²) >= 11 is 0. The Labute approximate surface area is 111 Å².